The molecule has 1 fully saturated rings. The minimum absolute atomic E-state index is 0.254. The zero-order valence-corrected chi connectivity index (χ0v) is 11.3. The van der Waals surface area contributed by atoms with Crippen molar-refractivity contribution in [2.24, 2.45) is 10.8 Å². The van der Waals surface area contributed by atoms with Crippen molar-refractivity contribution in [1.82, 2.24) is 10.7 Å². The van der Waals surface area contributed by atoms with Crippen LogP contribution in [0.4, 0.5) is 0 Å². The first-order valence-corrected chi connectivity index (χ1v) is 6.40. The van der Waals surface area contributed by atoms with Crippen LogP contribution in [0.2, 0.25) is 0 Å². The number of hydrogen-bond acceptors (Lipinski definition) is 3. The maximum absolute atomic E-state index is 5.48. The number of nitrogens with two attached hydrogens (primary N) is 1. The fraction of sp³-hybridized carbons (Fsp3) is 0.917. The molecule has 0 atom stereocenters. The summed E-state index contributed by atoms with van der Waals surface area (Å²) in [5.74, 6) is 6.15. The van der Waals surface area contributed by atoms with Crippen molar-refractivity contribution in [2.45, 2.75) is 57.6 Å². The number of nitrogens with zero attached hydrogens (tertiary/aromatic N) is 1. The predicted octanol–water partition coefficient (Wildman–Crippen LogP) is 1.15. The predicted molar refractivity (Wildman–Crippen MR) is 70.7 cm³/mol. The molecule has 0 unspecified atom stereocenters. The number of ether oxygens (including phenoxy) is 1. The molecule has 0 heterocycles. The fourth-order valence-corrected chi connectivity index (χ4v) is 1.91. The van der Waals surface area contributed by atoms with Gasteiger partial charge in [-0.2, -0.15) is 0 Å². The van der Waals surface area contributed by atoms with Gasteiger partial charge in [-0.15, -0.1) is 0 Å². The van der Waals surface area contributed by atoms with E-state index in [0.717, 1.165) is 0 Å². The number of guanidine groups is 1. The number of hydrogen-bond donors (Lipinski definition) is 3. The van der Waals surface area contributed by atoms with E-state index in [1.807, 2.05) is 13.8 Å². The number of aliphatic imine (C=N–C) groups is 1. The molecule has 5 heteroatoms. The first-order chi connectivity index (χ1) is 8.07. The van der Waals surface area contributed by atoms with Crippen LogP contribution in [0.15, 0.2) is 4.99 Å². The van der Waals surface area contributed by atoms with Crippen LogP contribution in [0.5, 0.6) is 0 Å². The lowest BCUT2D eigenvalue weighted by Crippen LogP contribution is -2.47. The third-order valence-corrected chi connectivity index (χ3v) is 3.25. The van der Waals surface area contributed by atoms with Crippen LogP contribution >= 0.6 is 0 Å². The van der Waals surface area contributed by atoms with E-state index < -0.39 is 0 Å². The van der Waals surface area contributed by atoms with E-state index in [1.165, 1.54) is 32.1 Å². The summed E-state index contributed by atoms with van der Waals surface area (Å²) in [7, 11) is 1.69. The molecule has 100 valence electrons. The first-order valence-electron chi connectivity index (χ1n) is 6.40. The zero-order valence-electron chi connectivity index (χ0n) is 11.3. The summed E-state index contributed by atoms with van der Waals surface area (Å²) < 4.78 is 5.32. The Hall–Kier alpha value is -0.810. The molecule has 1 rings (SSSR count). The Kier molecular flexibility index (Phi) is 5.71. The van der Waals surface area contributed by atoms with Crippen LogP contribution < -0.4 is 16.6 Å². The Balaban J connectivity index is 2.43. The van der Waals surface area contributed by atoms with Crippen LogP contribution in [0.25, 0.3) is 0 Å². The van der Waals surface area contributed by atoms with E-state index >= 15 is 0 Å². The second-order valence-electron chi connectivity index (χ2n) is 5.25. The summed E-state index contributed by atoms with van der Waals surface area (Å²) in [6, 6.07) is 0.504. The monoisotopic (exact) mass is 242 g/mol. The third kappa shape index (κ3) is 5.37. The average molecular weight is 242 g/mol. The van der Waals surface area contributed by atoms with E-state index in [9.17, 15) is 0 Å². The zero-order chi connectivity index (χ0) is 12.7. The highest BCUT2D eigenvalue weighted by atomic mass is 16.5. The van der Waals surface area contributed by atoms with Crippen molar-refractivity contribution in [3.8, 4) is 0 Å². The SMILES string of the molecule is COC(C)(C)CN=C(NN)NC1CCCCC1. The summed E-state index contributed by atoms with van der Waals surface area (Å²) in [5, 5.41) is 3.36. The van der Waals surface area contributed by atoms with Gasteiger partial charge in [0.05, 0.1) is 12.1 Å². The summed E-state index contributed by atoms with van der Waals surface area (Å²) in [5.41, 5.74) is 2.38. The fourth-order valence-electron chi connectivity index (χ4n) is 1.91. The van der Waals surface area contributed by atoms with Crippen LogP contribution in [-0.4, -0.2) is 31.3 Å². The van der Waals surface area contributed by atoms with Gasteiger partial charge in [0.2, 0.25) is 5.96 Å². The van der Waals surface area contributed by atoms with E-state index in [-0.39, 0.29) is 5.60 Å². The second-order valence-corrected chi connectivity index (χ2v) is 5.25. The lowest BCUT2D eigenvalue weighted by molar-refractivity contribution is 0.0310. The van der Waals surface area contributed by atoms with E-state index in [4.69, 9.17) is 10.6 Å². The highest BCUT2D eigenvalue weighted by Crippen LogP contribution is 2.17. The molecular weight excluding hydrogens is 216 g/mol. The number of rotatable bonds is 4. The summed E-state index contributed by atoms with van der Waals surface area (Å²) >= 11 is 0. The Morgan fingerprint density at radius 1 is 1.35 bits per heavy atom. The molecule has 0 aliphatic heterocycles. The van der Waals surface area contributed by atoms with E-state index in [2.05, 4.69) is 15.7 Å². The van der Waals surface area contributed by atoms with Gasteiger partial charge in [0, 0.05) is 13.2 Å². The summed E-state index contributed by atoms with van der Waals surface area (Å²) in [4.78, 5) is 4.42. The largest absolute Gasteiger partial charge is 0.377 e. The molecule has 17 heavy (non-hydrogen) atoms. The molecule has 0 spiro atoms. The minimum atomic E-state index is -0.254. The summed E-state index contributed by atoms with van der Waals surface area (Å²) in [6.07, 6.45) is 6.33. The lowest BCUT2D eigenvalue weighted by Gasteiger charge is -2.25. The lowest BCUT2D eigenvalue weighted by atomic mass is 9.96. The molecule has 0 amide bonds. The molecule has 0 aromatic carbocycles. The van der Waals surface area contributed by atoms with Gasteiger partial charge in [-0.1, -0.05) is 19.3 Å². The molecular formula is C12H26N4O. The van der Waals surface area contributed by atoms with Gasteiger partial charge in [-0.25, -0.2) is 10.8 Å². The minimum Gasteiger partial charge on any atom is -0.377 e. The Bertz CT molecular complexity index is 247. The molecule has 1 saturated carbocycles. The molecule has 0 radical (unpaired) electrons. The molecule has 1 aliphatic carbocycles. The smallest absolute Gasteiger partial charge is 0.206 e. The number of nitrogens with one attached hydrogen (secondary N) is 2. The van der Waals surface area contributed by atoms with Gasteiger partial charge in [-0.3, -0.25) is 5.43 Å². The molecule has 5 nitrogen and oxygen atoms in total. The van der Waals surface area contributed by atoms with Crippen molar-refractivity contribution < 1.29 is 4.74 Å². The van der Waals surface area contributed by atoms with Gasteiger partial charge in [-0.05, 0) is 26.7 Å². The quantitative estimate of drug-likeness (QED) is 0.299. The Labute approximate surface area is 104 Å². The molecule has 0 saturated heterocycles. The highest BCUT2D eigenvalue weighted by Gasteiger charge is 2.17. The third-order valence-electron chi connectivity index (χ3n) is 3.25. The molecule has 0 aromatic rings. The molecule has 1 aliphatic rings. The topological polar surface area (TPSA) is 71.7 Å². The Morgan fingerprint density at radius 2 is 2.00 bits per heavy atom. The van der Waals surface area contributed by atoms with Crippen LogP contribution in [0, 0.1) is 0 Å². The maximum atomic E-state index is 5.48. The van der Waals surface area contributed by atoms with Crippen molar-refractivity contribution in [3.05, 3.63) is 0 Å². The number of hydrazine groups is 1. The molecule has 4 N–H and O–H groups in total. The second kappa shape index (κ2) is 6.81. The standard InChI is InChI=1S/C12H26N4O/c1-12(2,17-3)9-14-11(16-13)15-10-7-5-4-6-8-10/h10H,4-9,13H2,1-3H3,(H2,14,15,16). The maximum Gasteiger partial charge on any atom is 0.206 e. The summed E-state index contributed by atoms with van der Waals surface area (Å²) in [6.45, 7) is 4.60. The Morgan fingerprint density at radius 3 is 2.53 bits per heavy atom. The van der Waals surface area contributed by atoms with E-state index in [1.54, 1.807) is 7.11 Å². The van der Waals surface area contributed by atoms with Crippen molar-refractivity contribution >= 4 is 5.96 Å². The first kappa shape index (κ1) is 14.3. The number of methoxy groups -OCH3 is 1. The van der Waals surface area contributed by atoms with Crippen molar-refractivity contribution in [1.29, 1.82) is 0 Å². The average Bonchev–Trinajstić information content (AvgIpc) is 2.35. The van der Waals surface area contributed by atoms with Gasteiger partial charge < -0.3 is 10.1 Å². The highest BCUT2D eigenvalue weighted by molar-refractivity contribution is 5.79. The van der Waals surface area contributed by atoms with Gasteiger partial charge in [0.15, 0.2) is 0 Å². The van der Waals surface area contributed by atoms with Gasteiger partial charge in [0.1, 0.15) is 0 Å². The van der Waals surface area contributed by atoms with Gasteiger partial charge in [0.25, 0.3) is 0 Å². The van der Waals surface area contributed by atoms with Crippen LogP contribution in [-0.2, 0) is 4.74 Å². The van der Waals surface area contributed by atoms with Crippen LogP contribution in [0.3, 0.4) is 0 Å². The van der Waals surface area contributed by atoms with Crippen molar-refractivity contribution in [2.75, 3.05) is 13.7 Å². The van der Waals surface area contributed by atoms with Crippen molar-refractivity contribution in [3.63, 3.8) is 0 Å². The van der Waals surface area contributed by atoms with Crippen LogP contribution in [0.1, 0.15) is 46.0 Å². The van der Waals surface area contributed by atoms with E-state index in [0.29, 0.717) is 18.5 Å². The van der Waals surface area contributed by atoms with Gasteiger partial charge >= 0.3 is 0 Å². The molecule has 0 bridgehead atoms. The normalized spacial score (nSPS) is 19.2. The molecule has 0 aromatic heterocycles.